The van der Waals surface area contributed by atoms with Crippen LogP contribution in [0.5, 0.6) is 0 Å². The number of nitrogens with two attached hydrogens (primary N) is 1. The first-order valence-electron chi connectivity index (χ1n) is 10.4. The number of allylic oxidation sites excluding steroid dienone is 1. The first-order valence-corrected chi connectivity index (χ1v) is 12.2. The van der Waals surface area contributed by atoms with Crippen molar-refractivity contribution < 1.29 is 17.6 Å². The third-order valence-corrected chi connectivity index (χ3v) is 6.83. The SMILES string of the molecule is Cc1c(-c2cccc(N(C)S(C)(=O)=O)c2)c2cc(C(=O)N(C)C)ccc2n1CC(F)=CCN.Cl. The molecule has 1 aromatic heterocycles. The number of benzene rings is 2. The number of sulfonamides is 1. The van der Waals surface area contributed by atoms with Crippen LogP contribution in [0.4, 0.5) is 10.1 Å². The molecule has 34 heavy (non-hydrogen) atoms. The van der Waals surface area contributed by atoms with E-state index in [1.165, 1.54) is 22.3 Å². The fraction of sp³-hybridized carbons (Fsp3) is 0.292. The fourth-order valence-electron chi connectivity index (χ4n) is 3.83. The summed E-state index contributed by atoms with van der Waals surface area (Å²) in [5.41, 5.74) is 9.61. The topological polar surface area (TPSA) is 88.6 Å². The molecule has 0 aliphatic heterocycles. The molecular weight excluding hydrogens is 479 g/mol. The molecule has 0 spiro atoms. The molecule has 3 rings (SSSR count). The van der Waals surface area contributed by atoms with E-state index in [0.717, 1.165) is 34.0 Å². The van der Waals surface area contributed by atoms with E-state index < -0.39 is 10.0 Å². The van der Waals surface area contributed by atoms with Crippen LogP contribution >= 0.6 is 12.4 Å². The van der Waals surface area contributed by atoms with Crippen LogP contribution in [-0.2, 0) is 16.6 Å². The van der Waals surface area contributed by atoms with E-state index in [9.17, 15) is 17.6 Å². The standard InChI is InChI=1S/C24H29FN4O3S.ClH/c1-16-23(17-7-6-8-20(13-17)28(4)33(5,31)32)21-14-18(24(30)27(2)3)9-10-22(21)29(16)15-19(25)11-12-26;/h6-11,13-14H,12,15,26H2,1-5H3;1H. The molecule has 0 unspecified atom stereocenters. The number of fused-ring (bicyclic) bond motifs is 1. The van der Waals surface area contributed by atoms with Crippen LogP contribution < -0.4 is 10.0 Å². The largest absolute Gasteiger partial charge is 0.345 e. The summed E-state index contributed by atoms with van der Waals surface area (Å²) in [5, 5.41) is 0.778. The van der Waals surface area contributed by atoms with Crippen molar-refractivity contribution in [3.05, 3.63) is 65.6 Å². The molecule has 184 valence electrons. The molecule has 0 radical (unpaired) electrons. The van der Waals surface area contributed by atoms with E-state index >= 15 is 0 Å². The molecule has 0 aliphatic rings. The van der Waals surface area contributed by atoms with Gasteiger partial charge in [0.2, 0.25) is 10.0 Å². The van der Waals surface area contributed by atoms with Gasteiger partial charge in [-0.1, -0.05) is 12.1 Å². The molecule has 0 aliphatic carbocycles. The van der Waals surface area contributed by atoms with Crippen molar-refractivity contribution in [3.8, 4) is 11.1 Å². The monoisotopic (exact) mass is 508 g/mol. The zero-order valence-electron chi connectivity index (χ0n) is 19.9. The second-order valence-electron chi connectivity index (χ2n) is 8.15. The Bertz CT molecular complexity index is 1350. The minimum Gasteiger partial charge on any atom is -0.345 e. The average molecular weight is 509 g/mol. The number of amides is 1. The normalized spacial score (nSPS) is 11.9. The number of anilines is 1. The molecule has 0 bridgehead atoms. The number of carbonyl (C=O) groups excluding carboxylic acids is 1. The first kappa shape index (κ1) is 27.4. The summed E-state index contributed by atoms with van der Waals surface area (Å²) in [5.74, 6) is -0.504. The van der Waals surface area contributed by atoms with Crippen LogP contribution in [0.15, 0.2) is 54.4 Å². The minimum atomic E-state index is -3.44. The first-order chi connectivity index (χ1) is 15.5. The molecule has 0 fully saturated rings. The summed E-state index contributed by atoms with van der Waals surface area (Å²) in [6, 6.07) is 12.5. The molecule has 2 aromatic carbocycles. The number of nitrogens with zero attached hydrogens (tertiary/aromatic N) is 3. The Labute approximate surface area is 206 Å². The maximum Gasteiger partial charge on any atom is 0.253 e. The van der Waals surface area contributed by atoms with Crippen molar-refractivity contribution in [3.63, 3.8) is 0 Å². The van der Waals surface area contributed by atoms with Gasteiger partial charge in [-0.3, -0.25) is 9.10 Å². The lowest BCUT2D eigenvalue weighted by Gasteiger charge is -2.17. The molecule has 1 heterocycles. The number of carbonyl (C=O) groups is 1. The summed E-state index contributed by atoms with van der Waals surface area (Å²) in [6.45, 7) is 1.98. The Morgan fingerprint density at radius 2 is 1.82 bits per heavy atom. The maximum atomic E-state index is 14.4. The zero-order valence-corrected chi connectivity index (χ0v) is 21.5. The smallest absolute Gasteiger partial charge is 0.253 e. The Kier molecular flexibility index (Phi) is 8.52. The van der Waals surface area contributed by atoms with Gasteiger partial charge in [0.1, 0.15) is 5.83 Å². The molecule has 0 atom stereocenters. The van der Waals surface area contributed by atoms with Gasteiger partial charge in [-0.05, 0) is 48.9 Å². The van der Waals surface area contributed by atoms with Crippen LogP contribution in [0, 0.1) is 6.92 Å². The Morgan fingerprint density at radius 3 is 2.41 bits per heavy atom. The van der Waals surface area contributed by atoms with E-state index in [1.807, 2.05) is 23.6 Å². The summed E-state index contributed by atoms with van der Waals surface area (Å²) in [6.07, 6.45) is 2.47. The van der Waals surface area contributed by atoms with Gasteiger partial charge in [0.15, 0.2) is 0 Å². The van der Waals surface area contributed by atoms with Crippen molar-refractivity contribution in [2.75, 3.05) is 38.2 Å². The zero-order chi connectivity index (χ0) is 24.5. The molecule has 3 aromatic rings. The van der Waals surface area contributed by atoms with Crippen LogP contribution in [0.25, 0.3) is 22.0 Å². The summed E-state index contributed by atoms with van der Waals surface area (Å²) < 4.78 is 41.6. The molecule has 0 saturated heterocycles. The molecule has 0 saturated carbocycles. The molecule has 10 heteroatoms. The second kappa shape index (κ2) is 10.6. The van der Waals surface area contributed by atoms with Gasteiger partial charge in [-0.2, -0.15) is 0 Å². The second-order valence-corrected chi connectivity index (χ2v) is 10.2. The lowest BCUT2D eigenvalue weighted by Crippen LogP contribution is -2.24. The lowest BCUT2D eigenvalue weighted by atomic mass is 10.00. The Hall–Kier alpha value is -2.88. The molecule has 7 nitrogen and oxygen atoms in total. The maximum absolute atomic E-state index is 14.4. The number of hydrogen-bond donors (Lipinski definition) is 1. The molecular formula is C24H30ClFN4O3S. The highest BCUT2D eigenvalue weighted by Crippen LogP contribution is 2.37. The number of aromatic nitrogens is 1. The highest BCUT2D eigenvalue weighted by molar-refractivity contribution is 7.92. The fourth-order valence-corrected chi connectivity index (χ4v) is 4.33. The van der Waals surface area contributed by atoms with Gasteiger partial charge < -0.3 is 15.2 Å². The predicted molar refractivity (Wildman–Crippen MR) is 139 cm³/mol. The van der Waals surface area contributed by atoms with Gasteiger partial charge in [-0.25, -0.2) is 12.8 Å². The van der Waals surface area contributed by atoms with Crippen molar-refractivity contribution in [2.45, 2.75) is 13.5 Å². The van der Waals surface area contributed by atoms with Crippen molar-refractivity contribution in [1.29, 1.82) is 0 Å². The lowest BCUT2D eigenvalue weighted by molar-refractivity contribution is 0.0827. The van der Waals surface area contributed by atoms with Gasteiger partial charge in [-0.15, -0.1) is 12.4 Å². The summed E-state index contributed by atoms with van der Waals surface area (Å²) in [7, 11) is 1.41. The van der Waals surface area contributed by atoms with Gasteiger partial charge in [0.25, 0.3) is 5.91 Å². The number of rotatable bonds is 7. The molecule has 1 amide bonds. The van der Waals surface area contributed by atoms with E-state index in [-0.39, 0.29) is 37.2 Å². The predicted octanol–water partition coefficient (Wildman–Crippen LogP) is 3.95. The number of halogens is 2. The molecule has 2 N–H and O–H groups in total. The van der Waals surface area contributed by atoms with E-state index in [2.05, 4.69) is 0 Å². The van der Waals surface area contributed by atoms with Crippen LogP contribution in [-0.4, -0.2) is 57.7 Å². The third-order valence-electron chi connectivity index (χ3n) is 5.62. The van der Waals surface area contributed by atoms with Crippen LogP contribution in [0.2, 0.25) is 0 Å². The number of hydrogen-bond acceptors (Lipinski definition) is 4. The van der Waals surface area contributed by atoms with Crippen molar-refractivity contribution in [2.24, 2.45) is 5.73 Å². The van der Waals surface area contributed by atoms with Crippen molar-refractivity contribution >= 4 is 44.9 Å². The van der Waals surface area contributed by atoms with Gasteiger partial charge in [0.05, 0.1) is 18.5 Å². The Morgan fingerprint density at radius 1 is 1.15 bits per heavy atom. The van der Waals surface area contributed by atoms with E-state index in [4.69, 9.17) is 5.73 Å². The summed E-state index contributed by atoms with van der Waals surface area (Å²) in [4.78, 5) is 14.1. The minimum absolute atomic E-state index is 0. The third kappa shape index (κ3) is 5.43. The highest BCUT2D eigenvalue weighted by atomic mass is 35.5. The van der Waals surface area contributed by atoms with E-state index in [1.54, 1.807) is 44.4 Å². The van der Waals surface area contributed by atoms with Crippen LogP contribution in [0.3, 0.4) is 0 Å². The summed E-state index contributed by atoms with van der Waals surface area (Å²) >= 11 is 0. The highest BCUT2D eigenvalue weighted by Gasteiger charge is 2.20. The quantitative estimate of drug-likeness (QED) is 0.523. The van der Waals surface area contributed by atoms with E-state index in [0.29, 0.717) is 11.3 Å². The average Bonchev–Trinajstić information content (AvgIpc) is 3.02. The van der Waals surface area contributed by atoms with Crippen LogP contribution in [0.1, 0.15) is 16.1 Å². The van der Waals surface area contributed by atoms with Crippen molar-refractivity contribution in [1.82, 2.24) is 9.47 Å². The van der Waals surface area contributed by atoms with Gasteiger partial charge >= 0.3 is 0 Å². The van der Waals surface area contributed by atoms with Gasteiger partial charge in [0, 0.05) is 55.4 Å². The Balaban J connectivity index is 0.00000408.